The summed E-state index contributed by atoms with van der Waals surface area (Å²) < 4.78 is 0. The van der Waals surface area contributed by atoms with Crippen LogP contribution in [0.2, 0.25) is 0 Å². The molecule has 0 aliphatic carbocycles. The molecule has 2 aromatic rings. The van der Waals surface area contributed by atoms with Crippen LogP contribution in [-0.2, 0) is 4.79 Å². The van der Waals surface area contributed by atoms with E-state index in [9.17, 15) is 9.59 Å². The van der Waals surface area contributed by atoms with Gasteiger partial charge in [-0.1, -0.05) is 48.6 Å². The molecule has 0 aromatic heterocycles. The highest BCUT2D eigenvalue weighted by Crippen LogP contribution is 2.09. The number of rotatable bonds is 5. The molecule has 0 atom stereocenters. The molecule has 110 valence electrons. The number of allylic oxidation sites excluding steroid dienone is 2. The predicted molar refractivity (Wildman–Crippen MR) is 86.6 cm³/mol. The first kappa shape index (κ1) is 15.3. The van der Waals surface area contributed by atoms with Gasteiger partial charge in [0.1, 0.15) is 0 Å². The van der Waals surface area contributed by atoms with Gasteiger partial charge >= 0.3 is 5.97 Å². The van der Waals surface area contributed by atoms with Crippen molar-refractivity contribution >= 4 is 23.6 Å². The van der Waals surface area contributed by atoms with Crippen LogP contribution >= 0.6 is 0 Å². The molecule has 0 saturated heterocycles. The molecule has 0 aliphatic heterocycles. The normalized spacial score (nSPS) is 10.9. The molecule has 0 bridgehead atoms. The molecule has 2 aromatic carbocycles. The number of benzene rings is 2. The Hall–Kier alpha value is -3.14. The van der Waals surface area contributed by atoms with Gasteiger partial charge in [-0.05, 0) is 29.8 Å². The Morgan fingerprint density at radius 1 is 0.909 bits per heavy atom. The van der Waals surface area contributed by atoms with E-state index in [0.717, 1.165) is 5.56 Å². The fraction of sp³-hybridized carbons (Fsp3) is 0. The topological polar surface area (TPSA) is 66.4 Å². The SMILES string of the molecule is O=C(/C=C\C=C\c1ccccc1)Nc1ccc(C(=O)O)cc1. The minimum absolute atomic E-state index is 0.180. The number of hydrogen-bond donors (Lipinski definition) is 2. The van der Waals surface area contributed by atoms with Gasteiger partial charge < -0.3 is 10.4 Å². The number of hydrogen-bond acceptors (Lipinski definition) is 2. The van der Waals surface area contributed by atoms with Crippen LogP contribution in [0.3, 0.4) is 0 Å². The Labute approximate surface area is 128 Å². The first-order valence-corrected chi connectivity index (χ1v) is 6.69. The van der Waals surface area contributed by atoms with Crippen LogP contribution < -0.4 is 5.32 Å². The first-order valence-electron chi connectivity index (χ1n) is 6.69. The second-order valence-electron chi connectivity index (χ2n) is 4.50. The zero-order valence-electron chi connectivity index (χ0n) is 11.8. The van der Waals surface area contributed by atoms with Crippen LogP contribution in [0.5, 0.6) is 0 Å². The molecule has 0 radical (unpaired) electrons. The number of carbonyl (C=O) groups is 2. The summed E-state index contributed by atoms with van der Waals surface area (Å²) in [5.41, 5.74) is 1.78. The van der Waals surface area contributed by atoms with Crippen molar-refractivity contribution in [3.05, 3.63) is 84.0 Å². The number of carboxylic acids is 1. The van der Waals surface area contributed by atoms with Gasteiger partial charge in [0.05, 0.1) is 5.56 Å². The molecule has 2 N–H and O–H groups in total. The predicted octanol–water partition coefficient (Wildman–Crippen LogP) is 3.59. The number of nitrogens with one attached hydrogen (secondary N) is 1. The fourth-order valence-corrected chi connectivity index (χ4v) is 1.75. The Morgan fingerprint density at radius 2 is 1.59 bits per heavy atom. The van der Waals surface area contributed by atoms with Crippen LogP contribution in [-0.4, -0.2) is 17.0 Å². The maximum Gasteiger partial charge on any atom is 0.335 e. The van der Waals surface area contributed by atoms with Crippen molar-refractivity contribution in [3.63, 3.8) is 0 Å². The highest BCUT2D eigenvalue weighted by atomic mass is 16.4. The van der Waals surface area contributed by atoms with Crippen molar-refractivity contribution in [1.82, 2.24) is 0 Å². The standard InChI is InChI=1S/C18H15NO3/c20-17(9-5-4-8-14-6-2-1-3-7-14)19-16-12-10-15(11-13-16)18(21)22/h1-13H,(H,19,20)(H,21,22)/b8-4+,9-5-. The van der Waals surface area contributed by atoms with Gasteiger partial charge in [0.25, 0.3) is 0 Å². The number of amides is 1. The summed E-state index contributed by atoms with van der Waals surface area (Å²) in [4.78, 5) is 22.4. The maximum atomic E-state index is 11.7. The van der Waals surface area contributed by atoms with E-state index in [-0.39, 0.29) is 11.5 Å². The van der Waals surface area contributed by atoms with E-state index in [1.54, 1.807) is 24.3 Å². The average molecular weight is 293 g/mol. The molecule has 0 aliphatic rings. The second-order valence-corrected chi connectivity index (χ2v) is 4.50. The molecule has 0 spiro atoms. The second kappa shape index (κ2) is 7.59. The molecule has 0 fully saturated rings. The van der Waals surface area contributed by atoms with Crippen molar-refractivity contribution in [2.45, 2.75) is 0 Å². The molecule has 1 amide bonds. The summed E-state index contributed by atoms with van der Waals surface area (Å²) >= 11 is 0. The van der Waals surface area contributed by atoms with Crippen LogP contribution in [0.4, 0.5) is 5.69 Å². The van der Waals surface area contributed by atoms with Gasteiger partial charge in [-0.2, -0.15) is 0 Å². The van der Waals surface area contributed by atoms with Gasteiger partial charge in [-0.25, -0.2) is 4.79 Å². The summed E-state index contributed by atoms with van der Waals surface area (Å²) in [6.45, 7) is 0. The Morgan fingerprint density at radius 3 is 2.23 bits per heavy atom. The van der Waals surface area contributed by atoms with Crippen LogP contribution in [0.25, 0.3) is 6.08 Å². The number of carbonyl (C=O) groups excluding carboxylic acids is 1. The highest BCUT2D eigenvalue weighted by molar-refractivity contribution is 5.99. The Bertz CT molecular complexity index is 701. The van der Waals surface area contributed by atoms with Crippen molar-refractivity contribution < 1.29 is 14.7 Å². The van der Waals surface area contributed by atoms with Crippen LogP contribution in [0.1, 0.15) is 15.9 Å². The van der Waals surface area contributed by atoms with E-state index >= 15 is 0 Å². The van der Waals surface area contributed by atoms with E-state index in [2.05, 4.69) is 5.32 Å². The molecule has 2 rings (SSSR count). The molecule has 0 unspecified atom stereocenters. The third-order valence-electron chi connectivity index (χ3n) is 2.85. The molecule has 0 heterocycles. The lowest BCUT2D eigenvalue weighted by Crippen LogP contribution is -2.07. The van der Waals surface area contributed by atoms with Gasteiger partial charge in [0.15, 0.2) is 0 Å². The summed E-state index contributed by atoms with van der Waals surface area (Å²) in [6.07, 6.45) is 6.73. The van der Waals surface area contributed by atoms with Gasteiger partial charge in [-0.15, -0.1) is 0 Å². The molecule has 4 heteroatoms. The van der Waals surface area contributed by atoms with Crippen molar-refractivity contribution in [2.75, 3.05) is 5.32 Å². The number of carboxylic acid groups (broad SMARTS) is 1. The van der Waals surface area contributed by atoms with Crippen molar-refractivity contribution in [1.29, 1.82) is 0 Å². The highest BCUT2D eigenvalue weighted by Gasteiger charge is 2.02. The van der Waals surface area contributed by atoms with Gasteiger partial charge in [0, 0.05) is 11.8 Å². The van der Waals surface area contributed by atoms with E-state index in [0.29, 0.717) is 5.69 Å². The average Bonchev–Trinajstić information content (AvgIpc) is 2.53. The van der Waals surface area contributed by atoms with E-state index in [1.165, 1.54) is 18.2 Å². The van der Waals surface area contributed by atoms with Crippen LogP contribution in [0, 0.1) is 0 Å². The lowest BCUT2D eigenvalue weighted by atomic mass is 10.2. The zero-order chi connectivity index (χ0) is 15.8. The summed E-state index contributed by atoms with van der Waals surface area (Å²) in [5, 5.41) is 11.4. The summed E-state index contributed by atoms with van der Waals surface area (Å²) in [6, 6.07) is 15.7. The van der Waals surface area contributed by atoms with Crippen molar-refractivity contribution in [3.8, 4) is 0 Å². The van der Waals surface area contributed by atoms with E-state index < -0.39 is 5.97 Å². The summed E-state index contributed by atoms with van der Waals surface area (Å²) in [7, 11) is 0. The van der Waals surface area contributed by atoms with Gasteiger partial charge in [-0.3, -0.25) is 4.79 Å². The fourth-order valence-electron chi connectivity index (χ4n) is 1.75. The number of anilines is 1. The minimum atomic E-state index is -0.996. The van der Waals surface area contributed by atoms with E-state index in [4.69, 9.17) is 5.11 Å². The summed E-state index contributed by atoms with van der Waals surface area (Å²) in [5.74, 6) is -1.27. The molecular weight excluding hydrogens is 278 g/mol. The van der Waals surface area contributed by atoms with E-state index in [1.807, 2.05) is 36.4 Å². The molecule has 0 saturated carbocycles. The maximum absolute atomic E-state index is 11.7. The Balaban J connectivity index is 1.88. The largest absolute Gasteiger partial charge is 0.478 e. The smallest absolute Gasteiger partial charge is 0.335 e. The Kier molecular flexibility index (Phi) is 5.26. The third-order valence-corrected chi connectivity index (χ3v) is 2.85. The number of aromatic carboxylic acids is 1. The first-order chi connectivity index (χ1) is 10.6. The zero-order valence-corrected chi connectivity index (χ0v) is 11.8. The van der Waals surface area contributed by atoms with Crippen LogP contribution in [0.15, 0.2) is 72.8 Å². The minimum Gasteiger partial charge on any atom is -0.478 e. The van der Waals surface area contributed by atoms with Crippen molar-refractivity contribution in [2.24, 2.45) is 0 Å². The lowest BCUT2D eigenvalue weighted by molar-refractivity contribution is -0.111. The molecular formula is C18H15NO3. The lowest BCUT2D eigenvalue weighted by Gasteiger charge is -2.02. The molecule has 4 nitrogen and oxygen atoms in total. The molecule has 22 heavy (non-hydrogen) atoms. The quantitative estimate of drug-likeness (QED) is 0.654. The third kappa shape index (κ3) is 4.76. The monoisotopic (exact) mass is 293 g/mol. The van der Waals surface area contributed by atoms with Gasteiger partial charge in [0.2, 0.25) is 5.91 Å².